The molecule has 4 nitrogen and oxygen atoms in total. The third-order valence-electron chi connectivity index (χ3n) is 3.53. The number of phenols is 1. The number of aliphatic hydroxyl groups excluding tert-OH is 1. The lowest BCUT2D eigenvalue weighted by atomic mass is 10.1. The Hall–Kier alpha value is -1.81. The third-order valence-corrected chi connectivity index (χ3v) is 3.53. The van der Waals surface area contributed by atoms with Crippen molar-refractivity contribution in [1.82, 2.24) is 9.55 Å². The van der Waals surface area contributed by atoms with Gasteiger partial charge in [-0.25, -0.2) is 4.98 Å². The zero-order valence-corrected chi connectivity index (χ0v) is 10.1. The summed E-state index contributed by atoms with van der Waals surface area (Å²) in [6.45, 7) is 0.142. The normalized spacial score (nSPS) is 18.6. The van der Waals surface area contributed by atoms with Crippen LogP contribution in [0.15, 0.2) is 30.5 Å². The molecule has 1 unspecified atom stereocenters. The van der Waals surface area contributed by atoms with Gasteiger partial charge in [-0.2, -0.15) is 0 Å². The summed E-state index contributed by atoms with van der Waals surface area (Å²) in [6, 6.07) is 7.33. The molecule has 1 aliphatic heterocycles. The van der Waals surface area contributed by atoms with Crippen LogP contribution in [0.5, 0.6) is 5.75 Å². The Morgan fingerprint density at radius 1 is 1.33 bits per heavy atom. The van der Waals surface area contributed by atoms with Crippen LogP contribution >= 0.6 is 0 Å². The zero-order valence-electron chi connectivity index (χ0n) is 10.1. The van der Waals surface area contributed by atoms with E-state index in [4.69, 9.17) is 0 Å². The molecule has 2 N–H and O–H groups in total. The predicted molar refractivity (Wildman–Crippen MR) is 68.4 cm³/mol. The maximum absolute atomic E-state index is 9.85. The SMILES string of the molecule is OCC1CCCc2nc(-c3ccccc3O)cn21. The van der Waals surface area contributed by atoms with Crippen molar-refractivity contribution in [3.05, 3.63) is 36.3 Å². The average molecular weight is 244 g/mol. The number of para-hydroxylation sites is 1. The molecule has 0 amide bonds. The van der Waals surface area contributed by atoms with Crippen LogP contribution in [0.1, 0.15) is 24.7 Å². The number of aromatic hydroxyl groups is 1. The minimum absolute atomic E-state index is 0.126. The summed E-state index contributed by atoms with van der Waals surface area (Å²) in [6.07, 6.45) is 4.91. The number of aromatic nitrogens is 2. The molecule has 0 aliphatic carbocycles. The maximum atomic E-state index is 9.85. The van der Waals surface area contributed by atoms with Gasteiger partial charge in [-0.05, 0) is 25.0 Å². The van der Waals surface area contributed by atoms with E-state index in [0.29, 0.717) is 0 Å². The summed E-state index contributed by atoms with van der Waals surface area (Å²) >= 11 is 0. The van der Waals surface area contributed by atoms with Crippen LogP contribution < -0.4 is 0 Å². The van der Waals surface area contributed by atoms with Crippen LogP contribution in [0, 0.1) is 0 Å². The Morgan fingerprint density at radius 2 is 2.17 bits per heavy atom. The second-order valence-electron chi connectivity index (χ2n) is 4.70. The number of benzene rings is 1. The van der Waals surface area contributed by atoms with Gasteiger partial charge in [0.25, 0.3) is 0 Å². The van der Waals surface area contributed by atoms with Crippen LogP contribution in [0.3, 0.4) is 0 Å². The maximum Gasteiger partial charge on any atom is 0.125 e. The number of aliphatic hydroxyl groups is 1. The average Bonchev–Trinajstić information content (AvgIpc) is 2.82. The molecule has 2 heterocycles. The molecule has 18 heavy (non-hydrogen) atoms. The van der Waals surface area contributed by atoms with Crippen LogP contribution in [0.4, 0.5) is 0 Å². The highest BCUT2D eigenvalue weighted by molar-refractivity contribution is 5.66. The smallest absolute Gasteiger partial charge is 0.125 e. The van der Waals surface area contributed by atoms with E-state index in [1.54, 1.807) is 12.1 Å². The molecular formula is C14H16N2O2. The molecule has 0 saturated heterocycles. The quantitative estimate of drug-likeness (QED) is 0.850. The zero-order chi connectivity index (χ0) is 12.5. The molecule has 0 saturated carbocycles. The van der Waals surface area contributed by atoms with E-state index in [1.165, 1.54) is 0 Å². The highest BCUT2D eigenvalue weighted by atomic mass is 16.3. The number of fused-ring (bicyclic) bond motifs is 1. The molecule has 4 heteroatoms. The van der Waals surface area contributed by atoms with Crippen LogP contribution in [-0.2, 0) is 6.42 Å². The van der Waals surface area contributed by atoms with Crippen molar-refractivity contribution < 1.29 is 10.2 Å². The summed E-state index contributed by atoms with van der Waals surface area (Å²) < 4.78 is 2.05. The molecule has 0 bridgehead atoms. The van der Waals surface area contributed by atoms with Gasteiger partial charge in [0.05, 0.1) is 18.3 Å². The molecule has 0 spiro atoms. The summed E-state index contributed by atoms with van der Waals surface area (Å²) in [5.41, 5.74) is 1.53. The number of imidazole rings is 1. The highest BCUT2D eigenvalue weighted by Crippen LogP contribution is 2.31. The van der Waals surface area contributed by atoms with Crippen molar-refractivity contribution in [3.63, 3.8) is 0 Å². The molecule has 0 fully saturated rings. The van der Waals surface area contributed by atoms with Crippen LogP contribution in [0.25, 0.3) is 11.3 Å². The molecule has 1 aliphatic rings. The van der Waals surface area contributed by atoms with Crippen molar-refractivity contribution in [2.75, 3.05) is 6.61 Å². The van der Waals surface area contributed by atoms with E-state index < -0.39 is 0 Å². The first-order valence-corrected chi connectivity index (χ1v) is 6.26. The summed E-state index contributed by atoms with van der Waals surface area (Å²) in [4.78, 5) is 4.57. The molecule has 0 radical (unpaired) electrons. The lowest BCUT2D eigenvalue weighted by Crippen LogP contribution is -2.20. The topological polar surface area (TPSA) is 58.3 Å². The number of nitrogens with zero attached hydrogens (tertiary/aromatic N) is 2. The van der Waals surface area contributed by atoms with E-state index in [9.17, 15) is 10.2 Å². The predicted octanol–water partition coefficient (Wildman–Crippen LogP) is 2.13. The second-order valence-corrected chi connectivity index (χ2v) is 4.70. The fraction of sp³-hybridized carbons (Fsp3) is 0.357. The fourth-order valence-corrected chi connectivity index (χ4v) is 2.57. The Kier molecular flexibility index (Phi) is 2.80. The van der Waals surface area contributed by atoms with Crippen molar-refractivity contribution >= 4 is 0 Å². The van der Waals surface area contributed by atoms with E-state index in [-0.39, 0.29) is 18.4 Å². The van der Waals surface area contributed by atoms with Gasteiger partial charge in [0.2, 0.25) is 0 Å². The first kappa shape index (κ1) is 11.3. The standard InChI is InChI=1S/C14H16N2O2/c17-9-10-4-3-7-14-15-12(8-16(10)14)11-5-1-2-6-13(11)18/h1-2,5-6,8,10,17-18H,3-4,7,9H2. The molecule has 1 atom stereocenters. The molecule has 94 valence electrons. The Morgan fingerprint density at radius 3 is 2.94 bits per heavy atom. The molecule has 3 rings (SSSR count). The minimum atomic E-state index is 0.126. The lowest BCUT2D eigenvalue weighted by Gasteiger charge is -2.22. The number of hydrogen-bond acceptors (Lipinski definition) is 3. The summed E-state index contributed by atoms with van der Waals surface area (Å²) in [5.74, 6) is 1.24. The van der Waals surface area contributed by atoms with Gasteiger partial charge in [0.1, 0.15) is 11.6 Å². The van der Waals surface area contributed by atoms with Crippen molar-refractivity contribution in [3.8, 4) is 17.0 Å². The molecule has 2 aromatic rings. The van der Waals surface area contributed by atoms with Gasteiger partial charge < -0.3 is 14.8 Å². The molecular weight excluding hydrogens is 228 g/mol. The number of phenolic OH excluding ortho intramolecular Hbond substituents is 1. The first-order chi connectivity index (χ1) is 8.79. The summed E-state index contributed by atoms with van der Waals surface area (Å²) in [5, 5.41) is 19.2. The van der Waals surface area contributed by atoms with Crippen molar-refractivity contribution in [1.29, 1.82) is 0 Å². The second kappa shape index (κ2) is 4.46. The lowest BCUT2D eigenvalue weighted by molar-refractivity contribution is 0.206. The van der Waals surface area contributed by atoms with Gasteiger partial charge in [-0.3, -0.25) is 0 Å². The molecule has 1 aromatic heterocycles. The first-order valence-electron chi connectivity index (χ1n) is 6.26. The highest BCUT2D eigenvalue weighted by Gasteiger charge is 2.21. The van der Waals surface area contributed by atoms with Gasteiger partial charge in [0, 0.05) is 18.2 Å². The van der Waals surface area contributed by atoms with Gasteiger partial charge >= 0.3 is 0 Å². The van der Waals surface area contributed by atoms with E-state index in [0.717, 1.165) is 36.3 Å². The van der Waals surface area contributed by atoms with Crippen LogP contribution in [0.2, 0.25) is 0 Å². The number of rotatable bonds is 2. The van der Waals surface area contributed by atoms with E-state index in [1.807, 2.05) is 22.9 Å². The third kappa shape index (κ3) is 1.78. The van der Waals surface area contributed by atoms with Crippen molar-refractivity contribution in [2.24, 2.45) is 0 Å². The Balaban J connectivity index is 2.05. The summed E-state index contributed by atoms with van der Waals surface area (Å²) in [7, 11) is 0. The van der Waals surface area contributed by atoms with Crippen molar-refractivity contribution in [2.45, 2.75) is 25.3 Å². The van der Waals surface area contributed by atoms with Gasteiger partial charge in [-0.1, -0.05) is 12.1 Å². The van der Waals surface area contributed by atoms with Crippen LogP contribution in [-0.4, -0.2) is 26.4 Å². The van der Waals surface area contributed by atoms with Gasteiger partial charge in [-0.15, -0.1) is 0 Å². The largest absolute Gasteiger partial charge is 0.507 e. The number of aryl methyl sites for hydroxylation is 1. The van der Waals surface area contributed by atoms with Gasteiger partial charge in [0.15, 0.2) is 0 Å². The van der Waals surface area contributed by atoms with E-state index >= 15 is 0 Å². The van der Waals surface area contributed by atoms with E-state index in [2.05, 4.69) is 4.98 Å². The monoisotopic (exact) mass is 244 g/mol. The number of hydrogen-bond donors (Lipinski definition) is 2. The molecule has 1 aromatic carbocycles. The minimum Gasteiger partial charge on any atom is -0.507 e. The Labute approximate surface area is 106 Å². The fourth-order valence-electron chi connectivity index (χ4n) is 2.57. The Bertz CT molecular complexity index is 563.